The smallest absolute Gasteiger partial charge is 0.339 e. The Balaban J connectivity index is 0.000000154. The van der Waals surface area contributed by atoms with Crippen LogP contribution in [0.4, 0.5) is 26.3 Å². The molecule has 12 nitrogen and oxygen atoms in total. The van der Waals surface area contributed by atoms with E-state index in [1.165, 1.54) is 25.3 Å². The van der Waals surface area contributed by atoms with E-state index in [1.54, 1.807) is 29.5 Å². The van der Waals surface area contributed by atoms with E-state index < -0.39 is 68.7 Å². The monoisotopic (exact) mass is 1360 g/mol. The van der Waals surface area contributed by atoms with Crippen LogP contribution in [0.15, 0.2) is 91.0 Å². The molecule has 3 unspecified atom stereocenters. The minimum Gasteiger partial charge on any atom is -0.493 e. The second-order valence-corrected chi connectivity index (χ2v) is 24.3. The SMILES string of the molecule is COC(=O)C(O)c1c(C)ccc(C2CC2)c1-c1ccc2c(c1)CCCO2.COC(=O)C(OCC(F)F)c1c(C)ccc(C2CC2)c1-c1ccc2c(c1)CCCO2.Cc1ccc(C2CC2)c(-c2ccc3c(c2)CCCO3)c1C(OCC(F)F)C(=O)O.FC(F)CI. The number of fused-ring (bicyclic) bond motifs is 3. The molecule has 3 atom stereocenters. The molecule has 6 aliphatic rings. The number of aliphatic carboxylic acids is 1. The number of benzene rings is 6. The number of carboxylic acid groups (broad SMARTS) is 1. The van der Waals surface area contributed by atoms with Crippen molar-refractivity contribution >= 4 is 40.5 Å². The fraction of sp³-hybridized carbons (Fsp3) is 0.451. The number of alkyl halides is 7. The van der Waals surface area contributed by atoms with Crippen LogP contribution in [0.25, 0.3) is 33.4 Å². The maximum absolute atomic E-state index is 12.9. The third-order valence-corrected chi connectivity index (χ3v) is 17.6. The number of hydrogen-bond donors (Lipinski definition) is 2. The van der Waals surface area contributed by atoms with Gasteiger partial charge in [-0.15, -0.1) is 0 Å². The summed E-state index contributed by atoms with van der Waals surface area (Å²) in [6.45, 7) is 6.03. The lowest BCUT2D eigenvalue weighted by molar-refractivity contribution is -0.157. The molecule has 0 radical (unpaired) electrons. The molecular formula is C71H77F6IO12. The molecule has 3 aliphatic carbocycles. The van der Waals surface area contributed by atoms with Gasteiger partial charge in [-0.05, 0) is 235 Å². The molecule has 19 heteroatoms. The number of methoxy groups -OCH3 is 2. The predicted octanol–water partition coefficient (Wildman–Crippen LogP) is 16.4. The van der Waals surface area contributed by atoms with Gasteiger partial charge in [-0.1, -0.05) is 77.2 Å². The second-order valence-electron chi connectivity index (χ2n) is 23.5. The Hall–Kier alpha value is -6.68. The van der Waals surface area contributed by atoms with Crippen molar-refractivity contribution in [3.63, 3.8) is 0 Å². The van der Waals surface area contributed by atoms with Crippen molar-refractivity contribution in [2.45, 2.75) is 153 Å². The van der Waals surface area contributed by atoms with Gasteiger partial charge in [-0.3, -0.25) is 0 Å². The van der Waals surface area contributed by atoms with Crippen molar-refractivity contribution in [2.75, 3.05) is 51.7 Å². The van der Waals surface area contributed by atoms with E-state index in [-0.39, 0.29) is 4.43 Å². The van der Waals surface area contributed by atoms with Crippen LogP contribution >= 0.6 is 22.6 Å². The molecule has 6 aromatic rings. The normalized spacial score (nSPS) is 16.5. The van der Waals surface area contributed by atoms with E-state index >= 15 is 0 Å². The lowest BCUT2D eigenvalue weighted by Gasteiger charge is -2.25. The minimum atomic E-state index is -2.73. The molecule has 90 heavy (non-hydrogen) atoms. The van der Waals surface area contributed by atoms with E-state index in [1.807, 2.05) is 80.6 Å². The van der Waals surface area contributed by atoms with Gasteiger partial charge < -0.3 is 43.4 Å². The first kappa shape index (κ1) is 67.7. The molecule has 482 valence electrons. The topological polar surface area (TPSA) is 156 Å². The number of carbonyl (C=O) groups excluding carboxylic acids is 2. The molecule has 6 aromatic carbocycles. The third kappa shape index (κ3) is 16.7. The zero-order chi connectivity index (χ0) is 64.3. The number of rotatable bonds is 19. The first-order valence-electron chi connectivity index (χ1n) is 30.7. The molecule has 0 saturated heterocycles. The molecule has 3 heterocycles. The van der Waals surface area contributed by atoms with Crippen LogP contribution in [0, 0.1) is 20.8 Å². The van der Waals surface area contributed by atoms with Gasteiger partial charge >= 0.3 is 17.9 Å². The average molecular weight is 1360 g/mol. The van der Waals surface area contributed by atoms with Crippen LogP contribution in [0.3, 0.4) is 0 Å². The van der Waals surface area contributed by atoms with Gasteiger partial charge in [-0.25, -0.2) is 40.7 Å². The fourth-order valence-corrected chi connectivity index (χ4v) is 12.2. The maximum Gasteiger partial charge on any atom is 0.339 e. The zero-order valence-corrected chi connectivity index (χ0v) is 53.4. The summed E-state index contributed by atoms with van der Waals surface area (Å²) in [4.78, 5) is 36.7. The molecule has 3 fully saturated rings. The number of halogens is 7. The molecule has 0 aromatic heterocycles. The Morgan fingerprint density at radius 1 is 0.500 bits per heavy atom. The highest BCUT2D eigenvalue weighted by Gasteiger charge is 2.37. The first-order valence-corrected chi connectivity index (χ1v) is 32.2. The Bertz CT molecular complexity index is 3510. The maximum atomic E-state index is 12.9. The van der Waals surface area contributed by atoms with Crippen LogP contribution < -0.4 is 14.2 Å². The van der Waals surface area contributed by atoms with E-state index in [0.29, 0.717) is 47.7 Å². The lowest BCUT2D eigenvalue weighted by Crippen LogP contribution is -2.22. The molecule has 2 N–H and O–H groups in total. The summed E-state index contributed by atoms with van der Waals surface area (Å²) in [7, 11) is 2.55. The van der Waals surface area contributed by atoms with Gasteiger partial charge in [0.25, 0.3) is 12.9 Å². The predicted molar refractivity (Wildman–Crippen MR) is 338 cm³/mol. The van der Waals surface area contributed by atoms with E-state index in [0.717, 1.165) is 173 Å². The summed E-state index contributed by atoms with van der Waals surface area (Å²) in [6.07, 6.45) is 0.784. The number of carbonyl (C=O) groups is 3. The Kier molecular flexibility index (Phi) is 23.4. The zero-order valence-electron chi connectivity index (χ0n) is 51.2. The number of hydrogen-bond acceptors (Lipinski definition) is 11. The number of aryl methyl sites for hydroxylation is 6. The third-order valence-electron chi connectivity index (χ3n) is 16.9. The van der Waals surface area contributed by atoms with Crippen LogP contribution in [0.1, 0.15) is 161 Å². The van der Waals surface area contributed by atoms with Gasteiger partial charge in [0, 0.05) is 16.7 Å². The summed E-state index contributed by atoms with van der Waals surface area (Å²) >= 11 is 1.63. The number of esters is 2. The summed E-state index contributed by atoms with van der Waals surface area (Å²) < 4.78 is 110. The van der Waals surface area contributed by atoms with E-state index in [2.05, 4.69) is 24.3 Å². The van der Waals surface area contributed by atoms with E-state index in [9.17, 15) is 50.9 Å². The van der Waals surface area contributed by atoms with Crippen LogP contribution in [0.2, 0.25) is 0 Å². The molecule has 12 rings (SSSR count). The van der Waals surface area contributed by atoms with Gasteiger partial charge in [0.05, 0.1) is 38.5 Å². The molecule has 0 spiro atoms. The standard InChI is InChI=1S/C24H26F2O4.C23H24F2O4.C22H24O4.C2H3F2I/c1-14-5-9-18(15-6-7-15)22(17-8-10-19-16(12-17)4-3-11-29-19)21(14)23(24(27)28-2)30-13-20(25)26;1-13-4-8-17(14-5-6-14)21(20(13)22(23(26)27)29-12-19(24)25)16-7-9-18-15(11-16)3-2-10-28-18;1-13-5-9-17(14-6-7-14)20(19(13)21(23)22(24)25-2)16-8-10-18-15(12-16)4-3-11-26-18;3-2(4)1-5/h5,8-10,12,15,20,23H,3-4,6-7,11,13H2,1-2H3;4,7-9,11,14,19,22H,2-3,5-6,10,12H2,1H3,(H,26,27);5,8-10,12,14,21,23H,3-4,6-7,11H2,1-2H3;2H,1H2. The number of aliphatic hydroxyl groups excluding tert-OH is 1. The van der Waals surface area contributed by atoms with Gasteiger partial charge in [0.15, 0.2) is 18.3 Å². The average Bonchev–Trinajstić information content (AvgIpc) is 1.43. The van der Waals surface area contributed by atoms with Gasteiger partial charge in [0.1, 0.15) is 30.5 Å². The summed E-state index contributed by atoms with van der Waals surface area (Å²) in [6, 6.07) is 30.2. The molecule has 3 saturated carbocycles. The van der Waals surface area contributed by atoms with Crippen molar-refractivity contribution in [3.8, 4) is 50.6 Å². The number of ether oxygens (including phenoxy) is 7. The summed E-state index contributed by atoms with van der Waals surface area (Å²) in [5.74, 6) is 1.39. The van der Waals surface area contributed by atoms with Gasteiger partial charge in [0.2, 0.25) is 6.43 Å². The Labute approximate surface area is 535 Å². The minimum absolute atomic E-state index is 0.0578. The van der Waals surface area contributed by atoms with Crippen LogP contribution in [-0.4, -0.2) is 99.1 Å². The Morgan fingerprint density at radius 2 is 0.833 bits per heavy atom. The summed E-state index contributed by atoms with van der Waals surface area (Å²) in [5.41, 5.74) is 16.6. The first-order chi connectivity index (χ1) is 43.3. The van der Waals surface area contributed by atoms with Crippen molar-refractivity contribution in [3.05, 3.63) is 158 Å². The van der Waals surface area contributed by atoms with Crippen LogP contribution in [0.5, 0.6) is 17.2 Å². The quantitative estimate of drug-likeness (QED) is 0.0343. The second kappa shape index (κ2) is 31.1. The highest BCUT2D eigenvalue weighted by atomic mass is 127. The highest BCUT2D eigenvalue weighted by Crippen LogP contribution is 2.52. The van der Waals surface area contributed by atoms with Crippen LogP contribution in [-0.2, 0) is 52.6 Å². The molecule has 0 bridgehead atoms. The van der Waals surface area contributed by atoms with Crippen molar-refractivity contribution in [1.29, 1.82) is 0 Å². The highest BCUT2D eigenvalue weighted by molar-refractivity contribution is 14.1. The Morgan fingerprint density at radius 3 is 1.16 bits per heavy atom. The lowest BCUT2D eigenvalue weighted by atomic mass is 9.85. The fourth-order valence-electron chi connectivity index (χ4n) is 12.2. The van der Waals surface area contributed by atoms with Crippen molar-refractivity contribution < 1.29 is 84.1 Å². The van der Waals surface area contributed by atoms with E-state index in [4.69, 9.17) is 33.2 Å². The van der Waals surface area contributed by atoms with Crippen molar-refractivity contribution in [2.24, 2.45) is 0 Å². The number of carboxylic acids is 1. The molecular weight excluding hydrogens is 1290 g/mol. The van der Waals surface area contributed by atoms with Gasteiger partial charge in [-0.2, -0.15) is 0 Å². The summed E-state index contributed by atoms with van der Waals surface area (Å²) in [5, 5.41) is 20.5. The van der Waals surface area contributed by atoms with Crippen molar-refractivity contribution in [1.82, 2.24) is 0 Å². The largest absolute Gasteiger partial charge is 0.493 e. The molecule has 0 amide bonds. The number of aliphatic hydroxyl groups is 1. The molecule has 3 aliphatic heterocycles.